The average molecular weight is 368 g/mol. The van der Waals surface area contributed by atoms with Gasteiger partial charge in [-0.3, -0.25) is 4.79 Å². The van der Waals surface area contributed by atoms with E-state index in [-0.39, 0.29) is 18.9 Å². The molecule has 3 rings (SSSR count). The number of ketones is 1. The standard InChI is InChI=1S/C20H24N4O3/c1-13-8-15-16(10-18(13)27-5)24(12-26-4)22-20(15)17(25)9-14-6-7-19(21-11-14)23(2)3/h6-8,10-11H,9,12H2,1-5H3. The van der Waals surface area contributed by atoms with Gasteiger partial charge in [-0.2, -0.15) is 5.10 Å². The normalized spacial score (nSPS) is 11.0. The fourth-order valence-corrected chi connectivity index (χ4v) is 3.01. The van der Waals surface area contributed by atoms with Crippen molar-refractivity contribution in [1.82, 2.24) is 14.8 Å². The van der Waals surface area contributed by atoms with Crippen LogP contribution in [0.2, 0.25) is 0 Å². The van der Waals surface area contributed by atoms with Crippen molar-refractivity contribution < 1.29 is 14.3 Å². The maximum absolute atomic E-state index is 12.9. The molecule has 1 aromatic carbocycles. The minimum Gasteiger partial charge on any atom is -0.496 e. The quantitative estimate of drug-likeness (QED) is 0.597. The number of carbonyl (C=O) groups excluding carboxylic acids is 1. The molecule has 0 radical (unpaired) electrons. The van der Waals surface area contributed by atoms with Crippen LogP contribution in [0.1, 0.15) is 21.6 Å². The summed E-state index contributed by atoms with van der Waals surface area (Å²) in [6.45, 7) is 2.21. The molecule has 27 heavy (non-hydrogen) atoms. The highest BCUT2D eigenvalue weighted by atomic mass is 16.5. The summed E-state index contributed by atoms with van der Waals surface area (Å²) in [5.41, 5.74) is 3.05. The van der Waals surface area contributed by atoms with Gasteiger partial charge in [0.15, 0.2) is 5.78 Å². The zero-order valence-corrected chi connectivity index (χ0v) is 16.3. The highest BCUT2D eigenvalue weighted by Crippen LogP contribution is 2.28. The molecule has 0 atom stereocenters. The molecule has 0 bridgehead atoms. The number of aryl methyl sites for hydroxylation is 1. The van der Waals surface area contributed by atoms with Crippen molar-refractivity contribution >= 4 is 22.5 Å². The van der Waals surface area contributed by atoms with E-state index in [9.17, 15) is 4.79 Å². The smallest absolute Gasteiger partial charge is 0.188 e. The van der Waals surface area contributed by atoms with E-state index in [1.54, 1.807) is 25.1 Å². The first-order valence-corrected chi connectivity index (χ1v) is 8.64. The Hall–Kier alpha value is -2.93. The molecule has 3 aromatic rings. The molecular formula is C20H24N4O3. The zero-order chi connectivity index (χ0) is 19.6. The summed E-state index contributed by atoms with van der Waals surface area (Å²) in [6.07, 6.45) is 1.97. The Kier molecular flexibility index (Phi) is 5.41. The van der Waals surface area contributed by atoms with Crippen LogP contribution in [0.4, 0.5) is 5.82 Å². The third-order valence-corrected chi connectivity index (χ3v) is 4.41. The number of fused-ring (bicyclic) bond motifs is 1. The number of nitrogens with zero attached hydrogens (tertiary/aromatic N) is 4. The van der Waals surface area contributed by atoms with Gasteiger partial charge in [0, 0.05) is 45.3 Å². The SMILES string of the molecule is COCn1nc(C(=O)Cc2ccc(N(C)C)nc2)c2cc(C)c(OC)cc21. The van der Waals surface area contributed by atoms with E-state index in [1.165, 1.54) is 0 Å². The van der Waals surface area contributed by atoms with Gasteiger partial charge >= 0.3 is 0 Å². The summed E-state index contributed by atoms with van der Waals surface area (Å²) in [7, 11) is 7.08. The highest BCUT2D eigenvalue weighted by molar-refractivity contribution is 6.07. The number of ether oxygens (including phenoxy) is 2. The van der Waals surface area contributed by atoms with E-state index in [0.717, 1.165) is 33.6 Å². The van der Waals surface area contributed by atoms with E-state index >= 15 is 0 Å². The number of benzene rings is 1. The maximum Gasteiger partial charge on any atom is 0.188 e. The number of carbonyl (C=O) groups is 1. The topological polar surface area (TPSA) is 69.5 Å². The van der Waals surface area contributed by atoms with Gasteiger partial charge < -0.3 is 14.4 Å². The summed E-state index contributed by atoms with van der Waals surface area (Å²) in [5.74, 6) is 1.55. The lowest BCUT2D eigenvalue weighted by atomic mass is 10.0. The van der Waals surface area contributed by atoms with Crippen LogP contribution in [0, 0.1) is 6.92 Å². The predicted molar refractivity (Wildman–Crippen MR) is 105 cm³/mol. The number of hydrogen-bond donors (Lipinski definition) is 0. The summed E-state index contributed by atoms with van der Waals surface area (Å²) in [6, 6.07) is 7.65. The van der Waals surface area contributed by atoms with Crippen molar-refractivity contribution in [1.29, 1.82) is 0 Å². The largest absolute Gasteiger partial charge is 0.496 e. The second-order valence-electron chi connectivity index (χ2n) is 6.62. The predicted octanol–water partition coefficient (Wildman–Crippen LogP) is 2.84. The Morgan fingerprint density at radius 1 is 1.22 bits per heavy atom. The Morgan fingerprint density at radius 3 is 2.59 bits per heavy atom. The van der Waals surface area contributed by atoms with Crippen molar-refractivity contribution in [2.45, 2.75) is 20.1 Å². The first kappa shape index (κ1) is 18.8. The van der Waals surface area contributed by atoms with Gasteiger partial charge in [0.1, 0.15) is 24.0 Å². The van der Waals surface area contributed by atoms with Crippen LogP contribution < -0.4 is 9.64 Å². The fourth-order valence-electron chi connectivity index (χ4n) is 3.01. The van der Waals surface area contributed by atoms with Gasteiger partial charge in [0.05, 0.1) is 12.6 Å². The van der Waals surface area contributed by atoms with Crippen molar-refractivity contribution in [2.75, 3.05) is 33.2 Å². The third-order valence-electron chi connectivity index (χ3n) is 4.41. The molecule has 2 aromatic heterocycles. The van der Waals surface area contributed by atoms with Crippen molar-refractivity contribution in [3.05, 3.63) is 47.3 Å². The van der Waals surface area contributed by atoms with Gasteiger partial charge in [0.2, 0.25) is 0 Å². The van der Waals surface area contributed by atoms with Crippen LogP contribution >= 0.6 is 0 Å². The van der Waals surface area contributed by atoms with Gasteiger partial charge in [-0.1, -0.05) is 6.07 Å². The van der Waals surface area contributed by atoms with Crippen LogP contribution in [0.5, 0.6) is 5.75 Å². The van der Waals surface area contributed by atoms with Crippen molar-refractivity contribution in [3.8, 4) is 5.75 Å². The Labute approximate surface area is 158 Å². The van der Waals surface area contributed by atoms with Crippen LogP contribution in [-0.4, -0.2) is 48.9 Å². The zero-order valence-electron chi connectivity index (χ0n) is 16.3. The lowest BCUT2D eigenvalue weighted by Crippen LogP contribution is -2.11. The summed E-state index contributed by atoms with van der Waals surface area (Å²) >= 11 is 0. The lowest BCUT2D eigenvalue weighted by Gasteiger charge is -2.10. The van der Waals surface area contributed by atoms with E-state index in [0.29, 0.717) is 5.69 Å². The monoisotopic (exact) mass is 368 g/mol. The molecule has 0 amide bonds. The van der Waals surface area contributed by atoms with Crippen LogP contribution in [-0.2, 0) is 17.9 Å². The molecule has 0 aliphatic heterocycles. The fraction of sp³-hybridized carbons (Fsp3) is 0.350. The molecular weight excluding hydrogens is 344 g/mol. The van der Waals surface area contributed by atoms with E-state index in [1.807, 2.05) is 50.2 Å². The first-order valence-electron chi connectivity index (χ1n) is 8.64. The molecule has 2 heterocycles. The molecule has 142 valence electrons. The number of hydrogen-bond acceptors (Lipinski definition) is 6. The van der Waals surface area contributed by atoms with Crippen molar-refractivity contribution in [2.24, 2.45) is 0 Å². The van der Waals surface area contributed by atoms with Crippen LogP contribution in [0.15, 0.2) is 30.5 Å². The molecule has 0 aliphatic rings. The molecule has 0 fully saturated rings. The number of pyridine rings is 1. The molecule has 0 aliphatic carbocycles. The molecule has 7 heteroatoms. The second-order valence-corrected chi connectivity index (χ2v) is 6.62. The van der Waals surface area contributed by atoms with Crippen LogP contribution in [0.25, 0.3) is 10.9 Å². The minimum absolute atomic E-state index is 0.0566. The van der Waals surface area contributed by atoms with E-state index in [2.05, 4.69) is 10.1 Å². The maximum atomic E-state index is 12.9. The average Bonchev–Trinajstić information content (AvgIpc) is 2.99. The number of rotatable bonds is 7. The Balaban J connectivity index is 1.97. The summed E-state index contributed by atoms with van der Waals surface area (Å²) < 4.78 is 12.3. The van der Waals surface area contributed by atoms with E-state index in [4.69, 9.17) is 9.47 Å². The number of anilines is 1. The molecule has 0 saturated carbocycles. The lowest BCUT2D eigenvalue weighted by molar-refractivity contribution is 0.0981. The van der Waals surface area contributed by atoms with Gasteiger partial charge in [0.25, 0.3) is 0 Å². The second kappa shape index (κ2) is 7.75. The number of methoxy groups -OCH3 is 2. The molecule has 7 nitrogen and oxygen atoms in total. The van der Waals surface area contributed by atoms with E-state index < -0.39 is 0 Å². The highest BCUT2D eigenvalue weighted by Gasteiger charge is 2.19. The van der Waals surface area contributed by atoms with Gasteiger partial charge in [-0.15, -0.1) is 0 Å². The number of Topliss-reactive ketones (excluding diaryl/α,β-unsaturated/α-hetero) is 1. The molecule has 0 saturated heterocycles. The van der Waals surface area contributed by atoms with Gasteiger partial charge in [-0.25, -0.2) is 9.67 Å². The van der Waals surface area contributed by atoms with Gasteiger partial charge in [-0.05, 0) is 30.2 Å². The Morgan fingerprint density at radius 2 is 2.00 bits per heavy atom. The summed E-state index contributed by atoms with van der Waals surface area (Å²) in [5, 5.41) is 5.29. The minimum atomic E-state index is -0.0566. The molecule has 0 unspecified atom stereocenters. The summed E-state index contributed by atoms with van der Waals surface area (Å²) in [4.78, 5) is 19.2. The van der Waals surface area contributed by atoms with Crippen LogP contribution in [0.3, 0.4) is 0 Å². The first-order chi connectivity index (χ1) is 12.9. The Bertz CT molecular complexity index is 962. The molecule has 0 spiro atoms. The molecule has 0 N–H and O–H groups in total. The third kappa shape index (κ3) is 3.78. The number of aromatic nitrogens is 3. The van der Waals surface area contributed by atoms with Crippen molar-refractivity contribution in [3.63, 3.8) is 0 Å².